The van der Waals surface area contributed by atoms with Gasteiger partial charge in [-0.15, -0.1) is 0 Å². The zero-order valence-corrected chi connectivity index (χ0v) is 9.34. The third kappa shape index (κ3) is 4.10. The highest BCUT2D eigenvalue weighted by molar-refractivity contribution is 4.73. The van der Waals surface area contributed by atoms with E-state index in [9.17, 15) is 0 Å². The number of hydrogen-bond acceptors (Lipinski definition) is 2. The molecule has 0 radical (unpaired) electrons. The molecule has 2 nitrogen and oxygen atoms in total. The van der Waals surface area contributed by atoms with E-state index in [2.05, 4.69) is 31.2 Å². The Morgan fingerprint density at radius 3 is 2.46 bits per heavy atom. The first-order chi connectivity index (χ1) is 6.20. The molecule has 1 fully saturated rings. The van der Waals surface area contributed by atoms with Gasteiger partial charge in [-0.1, -0.05) is 6.92 Å². The Labute approximate surface area is 82.7 Å². The summed E-state index contributed by atoms with van der Waals surface area (Å²) in [5.41, 5.74) is 0. The number of nitrogens with zero attached hydrogens (tertiary/aromatic N) is 1. The van der Waals surface area contributed by atoms with E-state index in [0.717, 1.165) is 11.8 Å². The molecule has 1 rings (SSSR count). The molecule has 1 aliphatic rings. The Bertz CT molecular complexity index is 128. The summed E-state index contributed by atoms with van der Waals surface area (Å²) in [6.07, 6.45) is 4.13. The van der Waals surface area contributed by atoms with Crippen LogP contribution in [0.2, 0.25) is 0 Å². The molecule has 0 aromatic rings. The maximum absolute atomic E-state index is 3.42. The van der Waals surface area contributed by atoms with Gasteiger partial charge in [0.2, 0.25) is 0 Å². The van der Waals surface area contributed by atoms with Crippen LogP contribution in [0.5, 0.6) is 0 Å². The van der Waals surface area contributed by atoms with Crippen molar-refractivity contribution in [3.63, 3.8) is 0 Å². The van der Waals surface area contributed by atoms with Crippen LogP contribution in [0.15, 0.2) is 0 Å². The lowest BCUT2D eigenvalue weighted by Gasteiger charge is -2.28. The predicted molar refractivity (Wildman–Crippen MR) is 57.9 cm³/mol. The van der Waals surface area contributed by atoms with E-state index in [1.165, 1.54) is 38.9 Å². The smallest absolute Gasteiger partial charge is 0.00222 e. The molecule has 1 atom stereocenters. The van der Waals surface area contributed by atoms with Gasteiger partial charge in [0, 0.05) is 0 Å². The molecule has 0 amide bonds. The topological polar surface area (TPSA) is 15.3 Å². The second-order valence-corrected chi connectivity index (χ2v) is 4.66. The summed E-state index contributed by atoms with van der Waals surface area (Å²) in [5.74, 6) is 1.88. The van der Waals surface area contributed by atoms with Gasteiger partial charge in [0.1, 0.15) is 0 Å². The minimum Gasteiger partial charge on any atom is -0.317 e. The largest absolute Gasteiger partial charge is 0.317 e. The molecule has 0 aromatic carbocycles. The summed E-state index contributed by atoms with van der Waals surface area (Å²) >= 11 is 0. The molecule has 1 N–H and O–H groups in total. The fraction of sp³-hybridized carbons (Fsp3) is 1.00. The predicted octanol–water partition coefficient (Wildman–Crippen LogP) is 1.57. The molecule has 78 valence electrons. The lowest BCUT2D eigenvalue weighted by molar-refractivity contribution is 0.241. The first-order valence-corrected chi connectivity index (χ1v) is 5.55. The minimum absolute atomic E-state index is 0.907. The molecule has 1 heterocycles. The van der Waals surface area contributed by atoms with Crippen LogP contribution in [0, 0.1) is 11.8 Å². The fourth-order valence-electron chi connectivity index (χ4n) is 2.11. The van der Waals surface area contributed by atoms with E-state index in [-0.39, 0.29) is 0 Å². The van der Waals surface area contributed by atoms with E-state index < -0.39 is 0 Å². The van der Waals surface area contributed by atoms with Crippen molar-refractivity contribution < 1.29 is 0 Å². The zero-order valence-electron chi connectivity index (χ0n) is 9.34. The minimum atomic E-state index is 0.907. The van der Waals surface area contributed by atoms with Gasteiger partial charge in [0.05, 0.1) is 0 Å². The van der Waals surface area contributed by atoms with Crippen molar-refractivity contribution in [3.8, 4) is 0 Å². The summed E-state index contributed by atoms with van der Waals surface area (Å²) in [5, 5.41) is 3.42. The average molecular weight is 184 g/mol. The summed E-state index contributed by atoms with van der Waals surface area (Å²) in [6, 6.07) is 0. The molecule has 0 saturated carbocycles. The highest BCUT2D eigenvalue weighted by Gasteiger charge is 2.19. The lowest BCUT2D eigenvalue weighted by Crippen LogP contribution is -2.31. The van der Waals surface area contributed by atoms with Gasteiger partial charge in [-0.25, -0.2) is 0 Å². The van der Waals surface area contributed by atoms with E-state index in [4.69, 9.17) is 0 Å². The van der Waals surface area contributed by atoms with Crippen LogP contribution in [-0.4, -0.2) is 38.6 Å². The second-order valence-electron chi connectivity index (χ2n) is 4.66. The summed E-state index contributed by atoms with van der Waals surface area (Å²) < 4.78 is 0. The van der Waals surface area contributed by atoms with Crippen molar-refractivity contribution in [2.24, 2.45) is 11.8 Å². The van der Waals surface area contributed by atoms with Gasteiger partial charge < -0.3 is 10.2 Å². The molecule has 1 aliphatic heterocycles. The van der Waals surface area contributed by atoms with Crippen molar-refractivity contribution in [2.45, 2.75) is 26.2 Å². The molecular weight excluding hydrogens is 160 g/mol. The normalized spacial score (nSPS) is 22.2. The third-order valence-corrected chi connectivity index (χ3v) is 3.22. The Morgan fingerprint density at radius 1 is 1.31 bits per heavy atom. The van der Waals surface area contributed by atoms with Crippen LogP contribution >= 0.6 is 0 Å². The van der Waals surface area contributed by atoms with Crippen LogP contribution in [0.4, 0.5) is 0 Å². The van der Waals surface area contributed by atoms with Gasteiger partial charge in [0.15, 0.2) is 0 Å². The molecule has 13 heavy (non-hydrogen) atoms. The van der Waals surface area contributed by atoms with Crippen molar-refractivity contribution in [1.29, 1.82) is 0 Å². The second kappa shape index (κ2) is 5.61. The van der Waals surface area contributed by atoms with Gasteiger partial charge in [-0.3, -0.25) is 0 Å². The highest BCUT2D eigenvalue weighted by Crippen LogP contribution is 2.23. The van der Waals surface area contributed by atoms with E-state index in [0.29, 0.717) is 0 Å². The van der Waals surface area contributed by atoms with Crippen LogP contribution in [0.3, 0.4) is 0 Å². The number of piperidine rings is 1. The number of hydrogen-bond donors (Lipinski definition) is 1. The zero-order chi connectivity index (χ0) is 9.68. The monoisotopic (exact) mass is 184 g/mol. The van der Waals surface area contributed by atoms with Crippen molar-refractivity contribution >= 4 is 0 Å². The molecule has 0 bridgehead atoms. The van der Waals surface area contributed by atoms with Crippen molar-refractivity contribution in [2.75, 3.05) is 33.7 Å². The Morgan fingerprint density at radius 2 is 1.92 bits per heavy atom. The summed E-state index contributed by atoms with van der Waals surface area (Å²) in [6.45, 7) is 6.12. The maximum Gasteiger partial charge on any atom is -0.00222 e. The molecule has 1 saturated heterocycles. The van der Waals surface area contributed by atoms with Crippen LogP contribution in [-0.2, 0) is 0 Å². The SMILES string of the molecule is CC(CCN(C)C)C1CCNCC1. The molecule has 1 unspecified atom stereocenters. The standard InChI is InChI=1S/C11H24N2/c1-10(6-9-13(2)3)11-4-7-12-8-5-11/h10-12H,4-9H2,1-3H3. The third-order valence-electron chi connectivity index (χ3n) is 3.22. The van der Waals surface area contributed by atoms with Crippen LogP contribution in [0.25, 0.3) is 0 Å². The molecule has 0 aliphatic carbocycles. The van der Waals surface area contributed by atoms with E-state index in [1.807, 2.05) is 0 Å². The maximum atomic E-state index is 3.42. The lowest BCUT2D eigenvalue weighted by atomic mass is 9.84. The number of rotatable bonds is 4. The Kier molecular flexibility index (Phi) is 4.74. The van der Waals surface area contributed by atoms with Gasteiger partial charge in [-0.2, -0.15) is 0 Å². The van der Waals surface area contributed by atoms with Crippen molar-refractivity contribution in [3.05, 3.63) is 0 Å². The molecule has 2 heteroatoms. The Balaban J connectivity index is 2.17. The van der Waals surface area contributed by atoms with E-state index in [1.54, 1.807) is 0 Å². The van der Waals surface area contributed by atoms with Gasteiger partial charge in [0.25, 0.3) is 0 Å². The van der Waals surface area contributed by atoms with Crippen molar-refractivity contribution in [1.82, 2.24) is 10.2 Å². The fourth-order valence-corrected chi connectivity index (χ4v) is 2.11. The first kappa shape index (κ1) is 11.0. The molecular formula is C11H24N2. The molecule has 0 spiro atoms. The average Bonchev–Trinajstić information content (AvgIpc) is 2.15. The van der Waals surface area contributed by atoms with Crippen LogP contribution in [0.1, 0.15) is 26.2 Å². The quantitative estimate of drug-likeness (QED) is 0.713. The molecule has 0 aromatic heterocycles. The Hall–Kier alpha value is -0.0800. The highest BCUT2D eigenvalue weighted by atomic mass is 15.0. The van der Waals surface area contributed by atoms with E-state index >= 15 is 0 Å². The van der Waals surface area contributed by atoms with Gasteiger partial charge in [-0.05, 0) is 64.8 Å². The number of nitrogens with one attached hydrogen (secondary N) is 1. The first-order valence-electron chi connectivity index (χ1n) is 5.55. The van der Waals surface area contributed by atoms with Crippen LogP contribution < -0.4 is 5.32 Å². The van der Waals surface area contributed by atoms with Gasteiger partial charge >= 0.3 is 0 Å². The summed E-state index contributed by atoms with van der Waals surface area (Å²) in [4.78, 5) is 2.29. The summed E-state index contributed by atoms with van der Waals surface area (Å²) in [7, 11) is 4.32.